The third-order valence-electron chi connectivity index (χ3n) is 4.39. The quantitative estimate of drug-likeness (QED) is 0.461. The van der Waals surface area contributed by atoms with Gasteiger partial charge in [0, 0.05) is 11.1 Å². The highest BCUT2D eigenvalue weighted by Gasteiger charge is 2.13. The molecule has 0 saturated carbocycles. The zero-order valence-corrected chi connectivity index (χ0v) is 16.7. The van der Waals surface area contributed by atoms with E-state index >= 15 is 0 Å². The molecule has 4 aromatic rings. The lowest BCUT2D eigenvalue weighted by atomic mass is 10.2. The van der Waals surface area contributed by atoms with Crippen LogP contribution >= 0.6 is 11.3 Å². The summed E-state index contributed by atoms with van der Waals surface area (Å²) in [6, 6.07) is 16.6. The molecule has 2 heterocycles. The molecule has 0 fully saturated rings. The maximum atomic E-state index is 12.9. The first-order valence-electron chi connectivity index (χ1n) is 9.40. The summed E-state index contributed by atoms with van der Waals surface area (Å²) in [5, 5.41) is 4.28. The summed E-state index contributed by atoms with van der Waals surface area (Å²) < 4.78 is 7.48. The van der Waals surface area contributed by atoms with Gasteiger partial charge in [0.25, 0.3) is 5.56 Å². The lowest BCUT2D eigenvalue weighted by Crippen LogP contribution is -2.26. The third kappa shape index (κ3) is 3.95. The van der Waals surface area contributed by atoms with Crippen LogP contribution in [0.25, 0.3) is 22.3 Å². The van der Waals surface area contributed by atoms with Crippen LogP contribution in [0.15, 0.2) is 64.2 Å². The van der Waals surface area contributed by atoms with Crippen molar-refractivity contribution in [1.82, 2.24) is 14.6 Å². The van der Waals surface area contributed by atoms with Crippen molar-refractivity contribution in [1.29, 1.82) is 0 Å². The molecule has 0 bridgehead atoms. The van der Waals surface area contributed by atoms with E-state index in [4.69, 9.17) is 4.74 Å². The minimum Gasteiger partial charge on any atom is -0.493 e. The molecular weight excluding hydrogens is 386 g/mol. The minimum atomic E-state index is -0.452. The Morgan fingerprint density at radius 1 is 1.07 bits per heavy atom. The molecule has 146 valence electrons. The molecule has 0 spiro atoms. The predicted octanol–water partition coefficient (Wildman–Crippen LogP) is 2.90. The number of hydrogen-bond donors (Lipinski definition) is 0. The molecule has 6 nitrogen and oxygen atoms in total. The molecule has 0 radical (unpaired) electrons. The van der Waals surface area contributed by atoms with Crippen LogP contribution in [0.2, 0.25) is 0 Å². The Morgan fingerprint density at radius 2 is 1.83 bits per heavy atom. The summed E-state index contributed by atoms with van der Waals surface area (Å²) in [5.74, 6) is 0.721. The van der Waals surface area contributed by atoms with E-state index in [0.717, 1.165) is 35.5 Å². The van der Waals surface area contributed by atoms with E-state index < -0.39 is 5.56 Å². The number of benzene rings is 2. The lowest BCUT2D eigenvalue weighted by molar-refractivity contribution is 0.309. The van der Waals surface area contributed by atoms with Crippen molar-refractivity contribution in [3.63, 3.8) is 0 Å². The molecule has 2 aromatic carbocycles. The standard InChI is InChI=1S/C22H19N3O3S/c1-2-3-13-28-17-12-8-7-11-16(17)14-18-21(27)25-22(29-18)23-20(26)19(24-25)15-9-5-4-6-10-15/h4-12,14H,2-3,13H2,1H3/b18-14-. The van der Waals surface area contributed by atoms with E-state index in [1.54, 1.807) is 18.2 Å². The highest BCUT2D eigenvalue weighted by molar-refractivity contribution is 7.15. The largest absolute Gasteiger partial charge is 0.493 e. The van der Waals surface area contributed by atoms with E-state index in [1.165, 1.54) is 4.52 Å². The molecule has 7 heteroatoms. The van der Waals surface area contributed by atoms with Gasteiger partial charge >= 0.3 is 5.56 Å². The highest BCUT2D eigenvalue weighted by atomic mass is 32.1. The second-order valence-electron chi connectivity index (χ2n) is 6.48. The zero-order chi connectivity index (χ0) is 20.2. The first-order chi connectivity index (χ1) is 14.2. The smallest absolute Gasteiger partial charge is 0.300 e. The maximum Gasteiger partial charge on any atom is 0.300 e. The van der Waals surface area contributed by atoms with Crippen LogP contribution in [-0.4, -0.2) is 21.2 Å². The number of aromatic nitrogens is 3. The fraction of sp³-hybridized carbons (Fsp3) is 0.182. The molecule has 0 aliphatic carbocycles. The normalized spacial score (nSPS) is 11.8. The predicted molar refractivity (Wildman–Crippen MR) is 114 cm³/mol. The van der Waals surface area contributed by atoms with E-state index in [1.807, 2.05) is 42.5 Å². The van der Waals surface area contributed by atoms with Crippen molar-refractivity contribution in [3.05, 3.63) is 85.4 Å². The molecule has 0 aliphatic rings. The van der Waals surface area contributed by atoms with Crippen LogP contribution in [0.1, 0.15) is 25.3 Å². The topological polar surface area (TPSA) is 73.6 Å². The van der Waals surface area contributed by atoms with Crippen LogP contribution in [0.4, 0.5) is 0 Å². The molecule has 29 heavy (non-hydrogen) atoms. The van der Waals surface area contributed by atoms with Crippen molar-refractivity contribution < 1.29 is 4.74 Å². The number of rotatable bonds is 6. The van der Waals surface area contributed by atoms with Crippen LogP contribution in [0.5, 0.6) is 5.75 Å². The highest BCUT2D eigenvalue weighted by Crippen LogP contribution is 2.19. The molecule has 0 N–H and O–H groups in total. The molecule has 0 amide bonds. The fourth-order valence-corrected chi connectivity index (χ4v) is 3.78. The SMILES string of the molecule is CCCCOc1ccccc1/C=c1\sc2nc(=O)c(-c3ccccc3)nn2c1=O. The van der Waals surface area contributed by atoms with Gasteiger partial charge in [-0.15, -0.1) is 0 Å². The summed E-state index contributed by atoms with van der Waals surface area (Å²) in [6.07, 6.45) is 3.77. The summed E-state index contributed by atoms with van der Waals surface area (Å²) >= 11 is 1.14. The number of hydrogen-bond acceptors (Lipinski definition) is 6. The van der Waals surface area contributed by atoms with Crippen LogP contribution in [0, 0.1) is 0 Å². The van der Waals surface area contributed by atoms with Crippen molar-refractivity contribution >= 4 is 22.4 Å². The van der Waals surface area contributed by atoms with Gasteiger partial charge in [-0.05, 0) is 18.6 Å². The van der Waals surface area contributed by atoms with Crippen molar-refractivity contribution in [2.75, 3.05) is 6.61 Å². The van der Waals surface area contributed by atoms with Gasteiger partial charge < -0.3 is 4.74 Å². The lowest BCUT2D eigenvalue weighted by Gasteiger charge is -2.07. The van der Waals surface area contributed by atoms with Gasteiger partial charge in [0.1, 0.15) is 5.75 Å². The number of nitrogens with zero attached hydrogens (tertiary/aromatic N) is 3. The molecule has 0 unspecified atom stereocenters. The fourth-order valence-electron chi connectivity index (χ4n) is 2.88. The van der Waals surface area contributed by atoms with Gasteiger partial charge in [-0.25, -0.2) is 0 Å². The average molecular weight is 405 g/mol. The van der Waals surface area contributed by atoms with Gasteiger partial charge in [-0.1, -0.05) is 73.2 Å². The van der Waals surface area contributed by atoms with E-state index in [-0.39, 0.29) is 16.2 Å². The van der Waals surface area contributed by atoms with Crippen molar-refractivity contribution in [2.24, 2.45) is 0 Å². The average Bonchev–Trinajstić information content (AvgIpc) is 3.04. The van der Waals surface area contributed by atoms with Gasteiger partial charge in [-0.2, -0.15) is 14.6 Å². The Balaban J connectivity index is 1.82. The van der Waals surface area contributed by atoms with E-state index in [2.05, 4.69) is 17.0 Å². The number of thiazole rings is 1. The van der Waals surface area contributed by atoms with Crippen molar-refractivity contribution in [3.8, 4) is 17.0 Å². The monoisotopic (exact) mass is 405 g/mol. The van der Waals surface area contributed by atoms with Gasteiger partial charge in [0.05, 0.1) is 11.1 Å². The first-order valence-corrected chi connectivity index (χ1v) is 10.2. The summed E-state index contributed by atoms with van der Waals surface area (Å²) in [7, 11) is 0. The Morgan fingerprint density at radius 3 is 2.62 bits per heavy atom. The third-order valence-corrected chi connectivity index (χ3v) is 5.35. The summed E-state index contributed by atoms with van der Waals surface area (Å²) in [5.41, 5.74) is 0.835. The summed E-state index contributed by atoms with van der Waals surface area (Å²) in [4.78, 5) is 29.6. The number of para-hydroxylation sites is 1. The molecular formula is C22H19N3O3S. The van der Waals surface area contributed by atoms with Crippen molar-refractivity contribution in [2.45, 2.75) is 19.8 Å². The number of fused-ring (bicyclic) bond motifs is 1. The Labute approximate surface area is 170 Å². The first kappa shape index (κ1) is 19.0. The minimum absolute atomic E-state index is 0.160. The number of ether oxygens (including phenoxy) is 1. The Hall–Kier alpha value is -3.32. The summed E-state index contributed by atoms with van der Waals surface area (Å²) in [6.45, 7) is 2.73. The molecule has 0 saturated heterocycles. The van der Waals surface area contributed by atoms with Crippen LogP contribution < -0.4 is 20.4 Å². The van der Waals surface area contributed by atoms with E-state index in [0.29, 0.717) is 16.7 Å². The van der Waals surface area contributed by atoms with E-state index in [9.17, 15) is 9.59 Å². The molecule has 0 aliphatic heterocycles. The second kappa shape index (κ2) is 8.36. The zero-order valence-electron chi connectivity index (χ0n) is 15.9. The second-order valence-corrected chi connectivity index (χ2v) is 7.49. The van der Waals surface area contributed by atoms with Gasteiger partial charge in [-0.3, -0.25) is 9.59 Å². The number of unbranched alkanes of at least 4 members (excludes halogenated alkanes) is 1. The molecule has 4 rings (SSSR count). The Bertz CT molecular complexity index is 1310. The molecule has 2 aromatic heterocycles. The van der Waals surface area contributed by atoms with Crippen LogP contribution in [-0.2, 0) is 0 Å². The van der Waals surface area contributed by atoms with Gasteiger partial charge in [0.15, 0.2) is 5.69 Å². The molecule has 0 atom stereocenters. The maximum absolute atomic E-state index is 12.9. The van der Waals surface area contributed by atoms with Gasteiger partial charge in [0.2, 0.25) is 4.96 Å². The Kier molecular flexibility index (Phi) is 5.48. The van der Waals surface area contributed by atoms with Crippen LogP contribution in [0.3, 0.4) is 0 Å².